The predicted octanol–water partition coefficient (Wildman–Crippen LogP) is 18.2. The second kappa shape index (κ2) is 58.7. The van der Waals surface area contributed by atoms with Crippen LogP contribution in [-0.2, 0) is 65.4 Å². The lowest BCUT2D eigenvalue weighted by Crippen LogP contribution is -2.30. The molecule has 0 aromatic carbocycles. The molecule has 2 unspecified atom stereocenters. The number of hydrogen-bond donors (Lipinski definition) is 3. The fourth-order valence-corrected chi connectivity index (χ4v) is 11.3. The first-order chi connectivity index (χ1) is 40.5. The molecule has 0 aromatic heterocycles. The monoisotopic (exact) mass is 1240 g/mol. The molecule has 0 aliphatic heterocycles. The van der Waals surface area contributed by atoms with Gasteiger partial charge in [0.05, 0.1) is 26.4 Å². The molecule has 0 aliphatic carbocycles. The first-order valence-electron chi connectivity index (χ1n) is 34.1. The molecule has 84 heavy (non-hydrogen) atoms. The van der Waals surface area contributed by atoms with Crippen molar-refractivity contribution in [2.45, 2.75) is 348 Å². The van der Waals surface area contributed by atoms with Gasteiger partial charge in [-0.05, 0) is 31.6 Å². The van der Waals surface area contributed by atoms with Crippen molar-refractivity contribution in [3.63, 3.8) is 0 Å². The molecule has 0 saturated carbocycles. The summed E-state index contributed by atoms with van der Waals surface area (Å²) in [5.74, 6) is -1.42. The number of esters is 4. The summed E-state index contributed by atoms with van der Waals surface area (Å²) < 4.78 is 67.9. The Morgan fingerprint density at radius 1 is 0.321 bits per heavy atom. The normalized spacial score (nSPS) is 14.2. The van der Waals surface area contributed by atoms with Gasteiger partial charge in [-0.2, -0.15) is 0 Å². The van der Waals surface area contributed by atoms with Crippen LogP contribution in [-0.4, -0.2) is 96.7 Å². The molecule has 0 rings (SSSR count). The third kappa shape index (κ3) is 59.0. The second-order valence-electron chi connectivity index (χ2n) is 24.0. The van der Waals surface area contributed by atoms with Gasteiger partial charge in [0, 0.05) is 25.7 Å². The van der Waals surface area contributed by atoms with Gasteiger partial charge in [-0.1, -0.05) is 279 Å². The van der Waals surface area contributed by atoms with E-state index in [0.29, 0.717) is 25.7 Å². The Morgan fingerprint density at radius 3 is 0.810 bits per heavy atom. The molecule has 5 atom stereocenters. The Labute approximate surface area is 511 Å². The lowest BCUT2D eigenvalue weighted by atomic mass is 10.0. The zero-order chi connectivity index (χ0) is 62.0. The highest BCUT2D eigenvalue weighted by atomic mass is 31.2. The molecule has 0 radical (unpaired) electrons. The first-order valence-corrected chi connectivity index (χ1v) is 37.1. The van der Waals surface area contributed by atoms with Crippen LogP contribution in [0.1, 0.15) is 330 Å². The Morgan fingerprint density at radius 2 is 0.548 bits per heavy atom. The highest BCUT2D eigenvalue weighted by Gasteiger charge is 2.30. The summed E-state index contributed by atoms with van der Waals surface area (Å²) in [4.78, 5) is 72.0. The summed E-state index contributed by atoms with van der Waals surface area (Å²) in [5, 5.41) is 10.5. The fraction of sp³-hybridized carbons (Fsp3) is 0.938. The van der Waals surface area contributed by atoms with E-state index in [1.54, 1.807) is 0 Å². The van der Waals surface area contributed by atoms with Crippen LogP contribution in [0.5, 0.6) is 0 Å². The number of carbonyl (C=O) groups is 4. The van der Waals surface area contributed by atoms with E-state index >= 15 is 0 Å². The van der Waals surface area contributed by atoms with Gasteiger partial charge in [0.15, 0.2) is 12.2 Å². The van der Waals surface area contributed by atoms with E-state index in [0.717, 1.165) is 102 Å². The van der Waals surface area contributed by atoms with Gasteiger partial charge in [0.2, 0.25) is 0 Å². The van der Waals surface area contributed by atoms with Crippen molar-refractivity contribution in [2.75, 3.05) is 39.6 Å². The number of phosphoric ester groups is 2. The number of phosphoric acid groups is 2. The van der Waals surface area contributed by atoms with Crippen LogP contribution < -0.4 is 0 Å². The topological polar surface area (TPSA) is 237 Å². The molecule has 3 N–H and O–H groups in total. The number of unbranched alkanes of at least 4 members (excludes halogenated alkanes) is 37. The molecule has 0 aliphatic rings. The van der Waals surface area contributed by atoms with Gasteiger partial charge in [0.1, 0.15) is 19.3 Å². The molecular formula is C65H126O17P2. The summed E-state index contributed by atoms with van der Waals surface area (Å²) >= 11 is 0. The number of aliphatic hydroxyl groups is 1. The highest BCUT2D eigenvalue weighted by molar-refractivity contribution is 7.47. The third-order valence-electron chi connectivity index (χ3n) is 15.0. The summed E-state index contributed by atoms with van der Waals surface area (Å²) in [6.45, 7) is 7.08. The fourth-order valence-electron chi connectivity index (χ4n) is 9.76. The van der Waals surface area contributed by atoms with Gasteiger partial charge >= 0.3 is 39.5 Å². The molecular weight excluding hydrogens is 1110 g/mol. The summed E-state index contributed by atoms with van der Waals surface area (Å²) in [6.07, 6.45) is 43.4. The first kappa shape index (κ1) is 82.1. The minimum atomic E-state index is -4.94. The molecule has 0 spiro atoms. The lowest BCUT2D eigenvalue weighted by molar-refractivity contribution is -0.161. The van der Waals surface area contributed by atoms with E-state index in [1.165, 1.54) is 148 Å². The van der Waals surface area contributed by atoms with Crippen molar-refractivity contribution in [2.24, 2.45) is 5.92 Å². The van der Waals surface area contributed by atoms with E-state index in [-0.39, 0.29) is 25.7 Å². The van der Waals surface area contributed by atoms with E-state index in [2.05, 4.69) is 34.6 Å². The number of carbonyl (C=O) groups excluding carboxylic acids is 4. The molecule has 0 saturated heterocycles. The van der Waals surface area contributed by atoms with Gasteiger partial charge in [0.25, 0.3) is 0 Å². The van der Waals surface area contributed by atoms with E-state index in [9.17, 15) is 43.2 Å². The minimum absolute atomic E-state index is 0.104. The lowest BCUT2D eigenvalue weighted by Gasteiger charge is -2.21. The largest absolute Gasteiger partial charge is 0.472 e. The molecule has 0 fully saturated rings. The van der Waals surface area contributed by atoms with Crippen LogP contribution in [0.2, 0.25) is 0 Å². The van der Waals surface area contributed by atoms with Crippen LogP contribution in [0.15, 0.2) is 0 Å². The van der Waals surface area contributed by atoms with Crippen molar-refractivity contribution in [1.82, 2.24) is 0 Å². The zero-order valence-electron chi connectivity index (χ0n) is 54.0. The zero-order valence-corrected chi connectivity index (χ0v) is 55.8. The molecule has 498 valence electrons. The minimum Gasteiger partial charge on any atom is -0.462 e. The average Bonchev–Trinajstić information content (AvgIpc) is 3.57. The SMILES string of the molecule is CCCCCCCCCCCCCCCCCCC(=O)O[C@H](COC(=O)CCCCCCCCCCCCCC)COP(=O)(O)OC[C@@H](O)COP(=O)(O)OC[C@@H](COC(=O)CCCCCCC)OC(=O)CCCCCCCCCCC(C)C. The number of hydrogen-bond acceptors (Lipinski definition) is 15. The summed E-state index contributed by atoms with van der Waals surface area (Å²) in [6, 6.07) is 0. The Kier molecular flexibility index (Phi) is 57.4. The van der Waals surface area contributed by atoms with E-state index in [1.807, 2.05) is 0 Å². The van der Waals surface area contributed by atoms with E-state index < -0.39 is 97.5 Å². The van der Waals surface area contributed by atoms with Crippen LogP contribution in [0, 0.1) is 5.92 Å². The van der Waals surface area contributed by atoms with Gasteiger partial charge in [-0.25, -0.2) is 9.13 Å². The number of aliphatic hydroxyl groups excluding tert-OH is 1. The molecule has 17 nitrogen and oxygen atoms in total. The maximum Gasteiger partial charge on any atom is 0.472 e. The van der Waals surface area contributed by atoms with Crippen molar-refractivity contribution in [3.8, 4) is 0 Å². The second-order valence-corrected chi connectivity index (χ2v) is 26.9. The van der Waals surface area contributed by atoms with Gasteiger partial charge < -0.3 is 33.8 Å². The molecule has 0 bridgehead atoms. The number of rotatable bonds is 65. The number of ether oxygens (including phenoxy) is 4. The van der Waals surface area contributed by atoms with Crippen LogP contribution >= 0.6 is 15.6 Å². The third-order valence-corrected chi connectivity index (χ3v) is 16.9. The maximum atomic E-state index is 13.0. The smallest absolute Gasteiger partial charge is 0.462 e. The molecule has 19 heteroatoms. The van der Waals surface area contributed by atoms with Gasteiger partial charge in [-0.15, -0.1) is 0 Å². The summed E-state index contributed by atoms with van der Waals surface area (Å²) in [5.41, 5.74) is 0. The van der Waals surface area contributed by atoms with Crippen molar-refractivity contribution in [1.29, 1.82) is 0 Å². The average molecular weight is 1240 g/mol. The summed E-state index contributed by atoms with van der Waals surface area (Å²) in [7, 11) is -9.88. The molecule has 0 heterocycles. The van der Waals surface area contributed by atoms with Crippen molar-refractivity contribution >= 4 is 39.5 Å². The Hall–Kier alpha value is -1.94. The quantitative estimate of drug-likeness (QED) is 0.0222. The predicted molar refractivity (Wildman–Crippen MR) is 335 cm³/mol. The van der Waals surface area contributed by atoms with E-state index in [4.69, 9.17) is 37.0 Å². The van der Waals surface area contributed by atoms with Gasteiger partial charge in [-0.3, -0.25) is 37.3 Å². The standard InChI is InChI=1S/C65H126O17P2/c1-6-9-12-15-17-19-21-23-24-25-26-28-30-35-40-45-50-64(69)82-61(55-76-63(68)49-44-39-34-29-27-22-20-18-16-13-10-7-2)57-80-84(73,74)78-53-59(66)52-77-83(71,72)79-56-60(54-75-62(67)48-43-37-14-11-8-3)81-65(70)51-46-41-36-32-31-33-38-42-47-58(4)5/h58-61,66H,6-57H2,1-5H3,(H,71,72)(H,73,74)/t59-,60+,61+/m0/s1. The molecule has 0 aromatic rings. The van der Waals surface area contributed by atoms with Crippen molar-refractivity contribution < 1.29 is 80.2 Å². The molecule has 0 amide bonds. The maximum absolute atomic E-state index is 13.0. The highest BCUT2D eigenvalue weighted by Crippen LogP contribution is 2.45. The Balaban J connectivity index is 5.16. The van der Waals surface area contributed by atoms with Crippen molar-refractivity contribution in [3.05, 3.63) is 0 Å². The van der Waals surface area contributed by atoms with Crippen LogP contribution in [0.4, 0.5) is 0 Å². The van der Waals surface area contributed by atoms with Crippen LogP contribution in [0.25, 0.3) is 0 Å². The van der Waals surface area contributed by atoms with Crippen LogP contribution in [0.3, 0.4) is 0 Å². The Bertz CT molecular complexity index is 1640.